The van der Waals surface area contributed by atoms with Crippen LogP contribution in [-0.2, 0) is 22.5 Å². The first-order valence-electron chi connectivity index (χ1n) is 9.29. The van der Waals surface area contributed by atoms with Crippen LogP contribution < -0.4 is 10.1 Å². The van der Waals surface area contributed by atoms with Crippen molar-refractivity contribution < 1.29 is 24.2 Å². The number of nitrogens with one attached hydrogen (secondary N) is 1. The molecule has 2 aromatic rings. The minimum absolute atomic E-state index is 0.198. The predicted molar refractivity (Wildman–Crippen MR) is 112 cm³/mol. The highest BCUT2D eigenvalue weighted by molar-refractivity contribution is 6.30. The third-order valence-electron chi connectivity index (χ3n) is 4.35. The molecule has 0 radical (unpaired) electrons. The fourth-order valence-electron chi connectivity index (χ4n) is 2.99. The number of rotatable bonds is 9. The highest BCUT2D eigenvalue weighted by Crippen LogP contribution is 2.22. The van der Waals surface area contributed by atoms with Crippen molar-refractivity contribution in [3.05, 3.63) is 63.7 Å². The number of carbonyl (C=O) groups is 2. The van der Waals surface area contributed by atoms with Crippen molar-refractivity contribution in [1.82, 2.24) is 5.32 Å². The van der Waals surface area contributed by atoms with Crippen LogP contribution in [0.2, 0.25) is 5.02 Å². The van der Waals surface area contributed by atoms with Crippen LogP contribution in [0, 0.1) is 6.92 Å². The third kappa shape index (κ3) is 6.48. The van der Waals surface area contributed by atoms with Gasteiger partial charge in [-0.1, -0.05) is 23.7 Å². The van der Waals surface area contributed by atoms with Crippen LogP contribution in [0.3, 0.4) is 0 Å². The number of carboxylic acid groups (broad SMARTS) is 1. The summed E-state index contributed by atoms with van der Waals surface area (Å²) < 4.78 is 10.9. The second-order valence-electron chi connectivity index (χ2n) is 7.00. The third-order valence-corrected chi connectivity index (χ3v) is 4.59. The van der Waals surface area contributed by atoms with Gasteiger partial charge in [-0.3, -0.25) is 4.79 Å². The van der Waals surface area contributed by atoms with E-state index in [0.29, 0.717) is 16.3 Å². The summed E-state index contributed by atoms with van der Waals surface area (Å²) in [6.07, 6.45) is -0.923. The molecule has 2 aromatic carbocycles. The number of aliphatic carboxylic acids is 1. The fourth-order valence-corrected chi connectivity index (χ4v) is 3.21. The number of carbonyl (C=O) groups excluding carboxylic acids is 1. The summed E-state index contributed by atoms with van der Waals surface area (Å²) in [5.41, 5.74) is 2.86. The number of halogens is 1. The molecule has 156 valence electrons. The average Bonchev–Trinajstić information content (AvgIpc) is 2.65. The summed E-state index contributed by atoms with van der Waals surface area (Å²) in [5, 5.41) is 12.8. The predicted octanol–water partition coefficient (Wildman–Crippen LogP) is 4.01. The molecule has 1 amide bonds. The lowest BCUT2D eigenvalue weighted by Crippen LogP contribution is -2.29. The standard InChI is InChI=1S/C22H26ClNO5/c1-13(2)29-20(22(26)27)11-15-5-8-19(28-4)16(10-15)12-24-21(25)18-7-6-17(23)9-14(18)3/h5-10,13,20H,11-12H2,1-4H3,(H,24,25)(H,26,27). The summed E-state index contributed by atoms with van der Waals surface area (Å²) in [6.45, 7) is 5.65. The van der Waals surface area contributed by atoms with Crippen LogP contribution in [0.5, 0.6) is 5.75 Å². The molecule has 0 saturated heterocycles. The van der Waals surface area contributed by atoms with Crippen molar-refractivity contribution in [2.24, 2.45) is 0 Å². The van der Waals surface area contributed by atoms with Gasteiger partial charge in [0.1, 0.15) is 5.75 Å². The lowest BCUT2D eigenvalue weighted by Gasteiger charge is -2.18. The molecule has 0 aliphatic rings. The van der Waals surface area contributed by atoms with E-state index in [9.17, 15) is 14.7 Å². The van der Waals surface area contributed by atoms with E-state index < -0.39 is 12.1 Å². The minimum atomic E-state index is -1.01. The molecule has 0 bridgehead atoms. The van der Waals surface area contributed by atoms with Crippen molar-refractivity contribution in [2.75, 3.05) is 7.11 Å². The largest absolute Gasteiger partial charge is 0.496 e. The Hall–Kier alpha value is -2.57. The van der Waals surface area contributed by atoms with Gasteiger partial charge in [0.2, 0.25) is 0 Å². The number of benzene rings is 2. The Morgan fingerprint density at radius 1 is 1.17 bits per heavy atom. The highest BCUT2D eigenvalue weighted by atomic mass is 35.5. The Morgan fingerprint density at radius 3 is 2.48 bits per heavy atom. The molecule has 1 atom stereocenters. The van der Waals surface area contributed by atoms with Crippen molar-refractivity contribution in [1.29, 1.82) is 0 Å². The van der Waals surface area contributed by atoms with E-state index in [2.05, 4.69) is 5.32 Å². The van der Waals surface area contributed by atoms with E-state index in [4.69, 9.17) is 21.1 Å². The summed E-state index contributed by atoms with van der Waals surface area (Å²) in [7, 11) is 1.55. The van der Waals surface area contributed by atoms with Crippen molar-refractivity contribution in [3.63, 3.8) is 0 Å². The van der Waals surface area contributed by atoms with E-state index in [1.165, 1.54) is 0 Å². The number of methoxy groups -OCH3 is 1. The summed E-state index contributed by atoms with van der Waals surface area (Å²) in [5.74, 6) is -0.626. The van der Waals surface area contributed by atoms with Crippen LogP contribution in [0.15, 0.2) is 36.4 Å². The maximum absolute atomic E-state index is 12.5. The Kier molecular flexibility index (Phi) is 8.05. The average molecular weight is 420 g/mol. The maximum atomic E-state index is 12.5. The van der Waals surface area contributed by atoms with Gasteiger partial charge >= 0.3 is 5.97 Å². The number of hydrogen-bond acceptors (Lipinski definition) is 4. The molecule has 0 heterocycles. The first-order chi connectivity index (χ1) is 13.7. The Bertz CT molecular complexity index is 882. The van der Waals surface area contributed by atoms with E-state index in [-0.39, 0.29) is 25.0 Å². The van der Waals surface area contributed by atoms with Gasteiger partial charge < -0.3 is 19.9 Å². The van der Waals surface area contributed by atoms with Crippen LogP contribution in [0.4, 0.5) is 0 Å². The zero-order chi connectivity index (χ0) is 21.6. The fraction of sp³-hybridized carbons (Fsp3) is 0.364. The lowest BCUT2D eigenvalue weighted by atomic mass is 10.0. The first kappa shape index (κ1) is 22.7. The van der Waals surface area contributed by atoms with Gasteiger partial charge in [-0.25, -0.2) is 4.79 Å². The molecule has 1 unspecified atom stereocenters. The van der Waals surface area contributed by atoms with Crippen LogP contribution in [0.25, 0.3) is 0 Å². The molecular weight excluding hydrogens is 394 g/mol. The molecular formula is C22H26ClNO5. The van der Waals surface area contributed by atoms with E-state index in [1.807, 2.05) is 13.0 Å². The normalized spacial score (nSPS) is 11.9. The minimum Gasteiger partial charge on any atom is -0.496 e. The monoisotopic (exact) mass is 419 g/mol. The zero-order valence-electron chi connectivity index (χ0n) is 17.0. The molecule has 29 heavy (non-hydrogen) atoms. The summed E-state index contributed by atoms with van der Waals surface area (Å²) in [6, 6.07) is 10.5. The number of carboxylic acids is 1. The Morgan fingerprint density at radius 2 is 1.90 bits per heavy atom. The topological polar surface area (TPSA) is 84.9 Å². The van der Waals surface area contributed by atoms with Gasteiger partial charge in [0, 0.05) is 29.1 Å². The maximum Gasteiger partial charge on any atom is 0.333 e. The molecule has 0 aliphatic carbocycles. The van der Waals surface area contributed by atoms with Crippen molar-refractivity contribution in [2.45, 2.75) is 45.9 Å². The van der Waals surface area contributed by atoms with Gasteiger partial charge in [-0.15, -0.1) is 0 Å². The number of ether oxygens (including phenoxy) is 2. The van der Waals surface area contributed by atoms with E-state index in [0.717, 1.165) is 16.7 Å². The molecule has 7 heteroatoms. The van der Waals surface area contributed by atoms with Gasteiger partial charge in [-0.05, 0) is 56.2 Å². The smallest absolute Gasteiger partial charge is 0.333 e. The molecule has 2 rings (SSSR count). The number of hydrogen-bond donors (Lipinski definition) is 2. The number of amides is 1. The Labute approximate surface area is 175 Å². The zero-order valence-corrected chi connectivity index (χ0v) is 17.7. The molecule has 0 fully saturated rings. The van der Waals surface area contributed by atoms with Crippen molar-refractivity contribution in [3.8, 4) is 5.75 Å². The Balaban J connectivity index is 2.15. The summed E-state index contributed by atoms with van der Waals surface area (Å²) in [4.78, 5) is 24.0. The molecule has 2 N–H and O–H groups in total. The molecule has 0 spiro atoms. The second kappa shape index (κ2) is 10.3. The van der Waals surface area contributed by atoms with Crippen LogP contribution in [0.1, 0.15) is 40.9 Å². The second-order valence-corrected chi connectivity index (χ2v) is 7.44. The molecule has 0 saturated carbocycles. The van der Waals surface area contributed by atoms with E-state index >= 15 is 0 Å². The molecule has 0 aromatic heterocycles. The van der Waals surface area contributed by atoms with Gasteiger partial charge in [0.25, 0.3) is 5.91 Å². The molecule has 6 nitrogen and oxygen atoms in total. The highest BCUT2D eigenvalue weighted by Gasteiger charge is 2.21. The SMILES string of the molecule is COc1ccc(CC(OC(C)C)C(=O)O)cc1CNC(=O)c1ccc(Cl)cc1C. The molecule has 0 aliphatic heterocycles. The number of aryl methyl sites for hydroxylation is 1. The lowest BCUT2D eigenvalue weighted by molar-refractivity contribution is -0.153. The van der Waals surface area contributed by atoms with E-state index in [1.54, 1.807) is 51.3 Å². The van der Waals surface area contributed by atoms with Crippen LogP contribution in [-0.4, -0.2) is 36.3 Å². The quantitative estimate of drug-likeness (QED) is 0.641. The first-order valence-corrected chi connectivity index (χ1v) is 9.67. The van der Waals surface area contributed by atoms with Gasteiger partial charge in [0.15, 0.2) is 6.10 Å². The summed E-state index contributed by atoms with van der Waals surface area (Å²) >= 11 is 5.95. The van der Waals surface area contributed by atoms with Gasteiger partial charge in [0.05, 0.1) is 13.2 Å². The van der Waals surface area contributed by atoms with Crippen LogP contribution >= 0.6 is 11.6 Å². The van der Waals surface area contributed by atoms with Gasteiger partial charge in [-0.2, -0.15) is 0 Å². The van der Waals surface area contributed by atoms with Crippen molar-refractivity contribution >= 4 is 23.5 Å².